The van der Waals surface area contributed by atoms with Crippen LogP contribution in [0, 0.1) is 0 Å². The molecule has 0 aromatic heterocycles. The number of carbonyl (C=O) groups is 1. The summed E-state index contributed by atoms with van der Waals surface area (Å²) in [4.78, 5) is 13.3. The number of hydrogen-bond acceptors (Lipinski definition) is 5. The first kappa shape index (κ1) is 21.7. The molecule has 1 aliphatic rings. The fourth-order valence-corrected chi connectivity index (χ4v) is 3.80. The molecule has 3 aromatic rings. The summed E-state index contributed by atoms with van der Waals surface area (Å²) in [6.45, 7) is 2.74. The smallest absolute Gasteiger partial charge is 0.242 e. The molecule has 6 nitrogen and oxygen atoms in total. The lowest BCUT2D eigenvalue weighted by molar-refractivity contribution is -0.123. The molecule has 2 N–H and O–H groups in total. The molecule has 6 heteroatoms. The van der Waals surface area contributed by atoms with Gasteiger partial charge in [0.1, 0.15) is 11.8 Å². The number of carbonyl (C=O) groups excluding carboxylic acids is 1. The van der Waals surface area contributed by atoms with Gasteiger partial charge in [0.25, 0.3) is 0 Å². The second-order valence-electron chi connectivity index (χ2n) is 7.65. The van der Waals surface area contributed by atoms with Crippen LogP contribution in [-0.4, -0.2) is 19.8 Å². The van der Waals surface area contributed by atoms with Crippen molar-refractivity contribution in [2.75, 3.05) is 13.9 Å². The Labute approximate surface area is 188 Å². The molecule has 1 heterocycles. The number of rotatable bonds is 9. The van der Waals surface area contributed by atoms with Crippen LogP contribution in [0.4, 0.5) is 0 Å². The highest BCUT2D eigenvalue weighted by molar-refractivity contribution is 5.83. The maximum absolute atomic E-state index is 13.3. The Morgan fingerprint density at radius 3 is 2.44 bits per heavy atom. The number of nitrogens with one attached hydrogen (secondary N) is 2. The molecule has 0 saturated carbocycles. The summed E-state index contributed by atoms with van der Waals surface area (Å²) >= 11 is 0. The summed E-state index contributed by atoms with van der Waals surface area (Å²) in [5.41, 5.74) is 2.98. The highest BCUT2D eigenvalue weighted by Crippen LogP contribution is 2.32. The Morgan fingerprint density at radius 2 is 1.72 bits per heavy atom. The first-order chi connectivity index (χ1) is 15.7. The molecule has 4 rings (SSSR count). The maximum atomic E-state index is 13.3. The van der Waals surface area contributed by atoms with Gasteiger partial charge in [-0.15, -0.1) is 0 Å². The van der Waals surface area contributed by atoms with Crippen molar-refractivity contribution in [3.8, 4) is 17.2 Å². The van der Waals surface area contributed by atoms with Gasteiger partial charge in [-0.25, -0.2) is 0 Å². The van der Waals surface area contributed by atoms with Crippen molar-refractivity contribution in [3.05, 3.63) is 89.5 Å². The van der Waals surface area contributed by atoms with Gasteiger partial charge >= 0.3 is 0 Å². The molecule has 0 saturated heterocycles. The van der Waals surface area contributed by atoms with Gasteiger partial charge in [-0.1, -0.05) is 55.5 Å². The summed E-state index contributed by atoms with van der Waals surface area (Å²) in [5.74, 6) is 2.17. The van der Waals surface area contributed by atoms with Crippen LogP contribution in [0.1, 0.15) is 42.1 Å². The van der Waals surface area contributed by atoms with Crippen molar-refractivity contribution < 1.29 is 19.0 Å². The van der Waals surface area contributed by atoms with E-state index in [0.717, 1.165) is 34.6 Å². The lowest BCUT2D eigenvalue weighted by Crippen LogP contribution is -2.39. The van der Waals surface area contributed by atoms with Crippen LogP contribution >= 0.6 is 0 Å². The quantitative estimate of drug-likeness (QED) is 0.520. The van der Waals surface area contributed by atoms with Crippen LogP contribution in [0.25, 0.3) is 0 Å². The standard InChI is InChI=1S/C26H28N2O4/c1-3-22(19-10-12-21(30-2)13-11-19)28-25(20-7-5-4-6-8-20)26(29)27-16-18-9-14-23-24(15-18)32-17-31-23/h4-15,22,25,28H,3,16-17H2,1-2H3,(H,27,29). The van der Waals surface area contributed by atoms with Gasteiger partial charge in [-0.2, -0.15) is 0 Å². The van der Waals surface area contributed by atoms with Crippen LogP contribution in [0.15, 0.2) is 72.8 Å². The molecular formula is C26H28N2O4. The van der Waals surface area contributed by atoms with Gasteiger partial charge in [0.2, 0.25) is 12.7 Å². The number of amides is 1. The van der Waals surface area contributed by atoms with Crippen LogP contribution in [-0.2, 0) is 11.3 Å². The van der Waals surface area contributed by atoms with E-state index in [1.165, 1.54) is 0 Å². The molecule has 0 radical (unpaired) electrons. The zero-order chi connectivity index (χ0) is 22.3. The third-order valence-electron chi connectivity index (χ3n) is 5.59. The Hall–Kier alpha value is -3.51. The van der Waals surface area contributed by atoms with E-state index in [9.17, 15) is 4.79 Å². The molecule has 0 aliphatic carbocycles. The van der Waals surface area contributed by atoms with Crippen molar-refractivity contribution in [3.63, 3.8) is 0 Å². The highest BCUT2D eigenvalue weighted by atomic mass is 16.7. The van der Waals surface area contributed by atoms with Crippen molar-refractivity contribution in [2.24, 2.45) is 0 Å². The van der Waals surface area contributed by atoms with Crippen LogP contribution in [0.5, 0.6) is 17.2 Å². The molecule has 1 amide bonds. The Morgan fingerprint density at radius 1 is 0.969 bits per heavy atom. The summed E-state index contributed by atoms with van der Waals surface area (Å²) in [7, 11) is 1.65. The van der Waals surface area contributed by atoms with Crippen molar-refractivity contribution in [1.29, 1.82) is 0 Å². The van der Waals surface area contributed by atoms with Gasteiger partial charge in [0.05, 0.1) is 7.11 Å². The predicted molar refractivity (Wildman–Crippen MR) is 123 cm³/mol. The van der Waals surface area contributed by atoms with Gasteiger partial charge in [0, 0.05) is 12.6 Å². The number of hydrogen-bond donors (Lipinski definition) is 2. The third kappa shape index (κ3) is 5.03. The minimum Gasteiger partial charge on any atom is -0.497 e. The fraction of sp³-hybridized carbons (Fsp3) is 0.269. The molecule has 0 fully saturated rings. The molecule has 32 heavy (non-hydrogen) atoms. The Kier molecular flexibility index (Phi) is 6.92. The highest BCUT2D eigenvalue weighted by Gasteiger charge is 2.24. The normalized spacial score (nSPS) is 13.9. The van der Waals surface area contributed by atoms with Crippen LogP contribution in [0.3, 0.4) is 0 Å². The van der Waals surface area contributed by atoms with Crippen molar-refractivity contribution >= 4 is 5.91 Å². The van der Waals surface area contributed by atoms with E-state index >= 15 is 0 Å². The maximum Gasteiger partial charge on any atom is 0.242 e. The van der Waals surface area contributed by atoms with E-state index in [1.807, 2.05) is 72.8 Å². The second-order valence-corrected chi connectivity index (χ2v) is 7.65. The first-order valence-electron chi connectivity index (χ1n) is 10.8. The van der Waals surface area contributed by atoms with Crippen molar-refractivity contribution in [2.45, 2.75) is 32.0 Å². The number of methoxy groups -OCH3 is 1. The predicted octanol–water partition coefficient (Wildman–Crippen LogP) is 4.52. The van der Waals surface area contributed by atoms with Gasteiger partial charge in [-0.3, -0.25) is 10.1 Å². The summed E-state index contributed by atoms with van der Waals surface area (Å²) in [6, 6.07) is 23.0. The Bertz CT molecular complexity index is 1040. The molecule has 2 atom stereocenters. The van der Waals surface area contributed by atoms with Crippen LogP contribution < -0.4 is 24.8 Å². The van der Waals surface area contributed by atoms with E-state index in [4.69, 9.17) is 14.2 Å². The zero-order valence-electron chi connectivity index (χ0n) is 18.3. The Balaban J connectivity index is 1.50. The second kappa shape index (κ2) is 10.2. The van der Waals surface area contributed by atoms with E-state index in [0.29, 0.717) is 12.3 Å². The van der Waals surface area contributed by atoms with Gasteiger partial charge in [-0.05, 0) is 47.4 Å². The minimum absolute atomic E-state index is 0.0161. The first-order valence-corrected chi connectivity index (χ1v) is 10.8. The molecule has 3 aromatic carbocycles. The lowest BCUT2D eigenvalue weighted by Gasteiger charge is -2.25. The van der Waals surface area contributed by atoms with Gasteiger partial charge in [0.15, 0.2) is 11.5 Å². The summed E-state index contributed by atoms with van der Waals surface area (Å²) in [6.07, 6.45) is 0.838. The summed E-state index contributed by atoms with van der Waals surface area (Å²) < 4.78 is 16.1. The zero-order valence-corrected chi connectivity index (χ0v) is 18.3. The van der Waals surface area contributed by atoms with Crippen molar-refractivity contribution in [1.82, 2.24) is 10.6 Å². The SMILES string of the molecule is CCC(NC(C(=O)NCc1ccc2c(c1)OCO2)c1ccccc1)c1ccc(OC)cc1. The molecule has 2 unspecified atom stereocenters. The lowest BCUT2D eigenvalue weighted by atomic mass is 9.99. The fourth-order valence-electron chi connectivity index (χ4n) is 3.80. The minimum atomic E-state index is -0.489. The van der Waals surface area contributed by atoms with E-state index < -0.39 is 6.04 Å². The number of ether oxygens (including phenoxy) is 3. The van der Waals surface area contributed by atoms with Gasteiger partial charge < -0.3 is 19.5 Å². The van der Waals surface area contributed by atoms with E-state index in [-0.39, 0.29) is 18.7 Å². The number of benzene rings is 3. The molecule has 0 bridgehead atoms. The average Bonchev–Trinajstić information content (AvgIpc) is 3.32. The molecule has 1 aliphatic heterocycles. The average molecular weight is 433 g/mol. The molecule has 0 spiro atoms. The third-order valence-corrected chi connectivity index (χ3v) is 5.59. The summed E-state index contributed by atoms with van der Waals surface area (Å²) in [5, 5.41) is 6.62. The van der Waals surface area contributed by atoms with E-state index in [2.05, 4.69) is 17.6 Å². The molecular weight excluding hydrogens is 404 g/mol. The molecule has 166 valence electrons. The monoisotopic (exact) mass is 432 g/mol. The van der Waals surface area contributed by atoms with Crippen LogP contribution in [0.2, 0.25) is 0 Å². The number of fused-ring (bicyclic) bond motifs is 1. The topological polar surface area (TPSA) is 68.8 Å². The largest absolute Gasteiger partial charge is 0.497 e. The van der Waals surface area contributed by atoms with E-state index in [1.54, 1.807) is 7.11 Å².